The van der Waals surface area contributed by atoms with E-state index in [4.69, 9.17) is 30.5 Å². The van der Waals surface area contributed by atoms with E-state index in [0.29, 0.717) is 13.2 Å². The van der Waals surface area contributed by atoms with E-state index in [2.05, 4.69) is 6.92 Å². The third-order valence-corrected chi connectivity index (χ3v) is 2.99. The van der Waals surface area contributed by atoms with Crippen LogP contribution < -0.4 is 0 Å². The number of unbranched alkanes of at least 4 members (excludes halogenated alkanes) is 1. The van der Waals surface area contributed by atoms with Crippen molar-refractivity contribution in [1.82, 2.24) is 0 Å². The van der Waals surface area contributed by atoms with Gasteiger partial charge in [0.2, 0.25) is 0 Å². The van der Waals surface area contributed by atoms with Crippen LogP contribution in [0.5, 0.6) is 0 Å². The van der Waals surface area contributed by atoms with Crippen LogP contribution >= 0.6 is 18.3 Å². The predicted octanol–water partition coefficient (Wildman–Crippen LogP) is 1.54. The van der Waals surface area contributed by atoms with Gasteiger partial charge in [-0.05, 0) is 0 Å². The molecule has 0 aliphatic heterocycles. The Morgan fingerprint density at radius 2 is 1.64 bits per heavy atom. The second-order valence-electron chi connectivity index (χ2n) is 3.05. The molecular formula is C8H20ClO4P. The van der Waals surface area contributed by atoms with Gasteiger partial charge in [-0.1, -0.05) is 0 Å². The Bertz CT molecular complexity index is 129. The molecule has 0 saturated heterocycles. The second-order valence-corrected chi connectivity index (χ2v) is 6.80. The molecule has 0 fully saturated rings. The van der Waals surface area contributed by atoms with Gasteiger partial charge in [0.05, 0.1) is 0 Å². The summed E-state index contributed by atoms with van der Waals surface area (Å²) in [5.41, 5.74) is 0. The van der Waals surface area contributed by atoms with Crippen LogP contribution in [-0.2, 0) is 9.47 Å². The SMILES string of the molecule is CCCCOCCOCC[PH](O)(O)Cl. The normalized spacial score (nSPS) is 13.1. The van der Waals surface area contributed by atoms with Gasteiger partial charge < -0.3 is 0 Å². The van der Waals surface area contributed by atoms with Gasteiger partial charge in [-0.3, -0.25) is 0 Å². The van der Waals surface area contributed by atoms with Gasteiger partial charge in [0.1, 0.15) is 0 Å². The van der Waals surface area contributed by atoms with Crippen LogP contribution in [0, 0.1) is 0 Å². The fraction of sp³-hybridized carbons (Fsp3) is 1.00. The first-order valence-corrected chi connectivity index (χ1v) is 7.96. The van der Waals surface area contributed by atoms with Gasteiger partial charge in [-0.15, -0.1) is 0 Å². The maximum absolute atomic E-state index is 8.84. The Balaban J connectivity index is 2.99. The summed E-state index contributed by atoms with van der Waals surface area (Å²) >= 11 is 5.25. The zero-order valence-corrected chi connectivity index (χ0v) is 10.3. The topological polar surface area (TPSA) is 58.9 Å². The number of ether oxygens (including phenoxy) is 2. The summed E-state index contributed by atoms with van der Waals surface area (Å²) in [5.74, 6) is 0. The van der Waals surface area contributed by atoms with Gasteiger partial charge in [-0.25, -0.2) is 0 Å². The summed E-state index contributed by atoms with van der Waals surface area (Å²) in [6, 6.07) is 0. The minimum atomic E-state index is -3.43. The van der Waals surface area contributed by atoms with Crippen LogP contribution in [0.1, 0.15) is 19.8 Å². The minimum absolute atomic E-state index is 0.128. The first-order valence-electron chi connectivity index (χ1n) is 4.85. The Labute approximate surface area is 90.5 Å². The van der Waals surface area contributed by atoms with Gasteiger partial charge in [-0.2, -0.15) is 0 Å². The summed E-state index contributed by atoms with van der Waals surface area (Å²) in [6.45, 7) is 4.17. The van der Waals surface area contributed by atoms with Crippen LogP contribution in [0.2, 0.25) is 0 Å². The summed E-state index contributed by atoms with van der Waals surface area (Å²) in [4.78, 5) is 17.7. The second kappa shape index (κ2) is 8.84. The van der Waals surface area contributed by atoms with E-state index < -0.39 is 7.07 Å². The van der Waals surface area contributed by atoms with E-state index in [1.807, 2.05) is 0 Å². The molecule has 0 bridgehead atoms. The predicted molar refractivity (Wildman–Crippen MR) is 60.0 cm³/mol. The number of hydrogen-bond donors (Lipinski definition) is 2. The van der Waals surface area contributed by atoms with Crippen molar-refractivity contribution in [3.63, 3.8) is 0 Å². The fourth-order valence-corrected chi connectivity index (χ4v) is 1.41. The Hall–Kier alpha value is 0.560. The molecule has 0 aromatic rings. The molecule has 0 radical (unpaired) electrons. The van der Waals surface area contributed by atoms with Crippen LogP contribution in [0.3, 0.4) is 0 Å². The molecule has 0 aliphatic rings. The number of hydrogen-bond acceptors (Lipinski definition) is 4. The van der Waals surface area contributed by atoms with Crippen molar-refractivity contribution < 1.29 is 19.3 Å². The molecular weight excluding hydrogens is 227 g/mol. The average molecular weight is 247 g/mol. The van der Waals surface area contributed by atoms with Crippen molar-refractivity contribution in [3.05, 3.63) is 0 Å². The zero-order chi connectivity index (χ0) is 10.9. The molecule has 0 amide bonds. The third-order valence-electron chi connectivity index (χ3n) is 1.58. The van der Waals surface area contributed by atoms with Crippen LogP contribution in [0.25, 0.3) is 0 Å². The van der Waals surface area contributed by atoms with E-state index in [1.54, 1.807) is 0 Å². The van der Waals surface area contributed by atoms with Crippen molar-refractivity contribution in [2.45, 2.75) is 19.8 Å². The number of halogens is 1. The maximum atomic E-state index is 8.84. The first kappa shape index (κ1) is 14.6. The van der Waals surface area contributed by atoms with Gasteiger partial charge in [0.25, 0.3) is 0 Å². The summed E-state index contributed by atoms with van der Waals surface area (Å²) < 4.78 is 10.3. The van der Waals surface area contributed by atoms with Gasteiger partial charge >= 0.3 is 89.9 Å². The average Bonchev–Trinajstić information content (AvgIpc) is 2.08. The first-order chi connectivity index (χ1) is 6.56. The quantitative estimate of drug-likeness (QED) is 0.479. The Morgan fingerprint density at radius 1 is 1.07 bits per heavy atom. The molecule has 0 aliphatic carbocycles. The van der Waals surface area contributed by atoms with E-state index in [9.17, 15) is 0 Å². The van der Waals surface area contributed by atoms with Gasteiger partial charge in [0.15, 0.2) is 0 Å². The van der Waals surface area contributed by atoms with E-state index >= 15 is 0 Å². The standard InChI is InChI=1S/C8H20ClO4P/c1-2-3-4-12-5-6-13-7-8-14(9,10)11/h10-11,14H,2-8H2,1H3. The van der Waals surface area contributed by atoms with Crippen molar-refractivity contribution >= 4 is 18.3 Å². The Morgan fingerprint density at radius 3 is 2.14 bits per heavy atom. The molecule has 0 aromatic heterocycles. The summed E-state index contributed by atoms with van der Waals surface area (Å²) in [7, 11) is -3.43. The van der Waals surface area contributed by atoms with E-state index in [0.717, 1.165) is 19.4 Å². The molecule has 2 N–H and O–H groups in total. The van der Waals surface area contributed by atoms with E-state index in [-0.39, 0.29) is 12.8 Å². The van der Waals surface area contributed by atoms with Crippen molar-refractivity contribution in [1.29, 1.82) is 0 Å². The van der Waals surface area contributed by atoms with Crippen LogP contribution in [-0.4, -0.2) is 42.4 Å². The van der Waals surface area contributed by atoms with Crippen molar-refractivity contribution in [3.8, 4) is 0 Å². The fourth-order valence-electron chi connectivity index (χ4n) is 0.770. The monoisotopic (exact) mass is 246 g/mol. The van der Waals surface area contributed by atoms with Crippen LogP contribution in [0.15, 0.2) is 0 Å². The van der Waals surface area contributed by atoms with Crippen LogP contribution in [0.4, 0.5) is 0 Å². The third kappa shape index (κ3) is 12.6. The molecule has 0 saturated carbocycles. The molecule has 6 heteroatoms. The molecule has 0 rings (SSSR count). The van der Waals surface area contributed by atoms with Gasteiger partial charge in [0, 0.05) is 0 Å². The molecule has 0 unspecified atom stereocenters. The zero-order valence-electron chi connectivity index (χ0n) is 8.54. The molecule has 88 valence electrons. The molecule has 4 nitrogen and oxygen atoms in total. The molecule has 0 atom stereocenters. The molecule has 14 heavy (non-hydrogen) atoms. The number of rotatable bonds is 9. The Kier molecular flexibility index (Phi) is 9.19. The van der Waals surface area contributed by atoms with Crippen molar-refractivity contribution in [2.75, 3.05) is 32.6 Å². The van der Waals surface area contributed by atoms with Crippen molar-refractivity contribution in [2.24, 2.45) is 0 Å². The summed E-state index contributed by atoms with van der Waals surface area (Å²) in [6.07, 6.45) is 2.31. The molecule has 0 spiro atoms. The molecule has 0 aromatic carbocycles. The van der Waals surface area contributed by atoms with E-state index in [1.165, 1.54) is 0 Å². The summed E-state index contributed by atoms with van der Waals surface area (Å²) in [5, 5.41) is 0. The molecule has 0 heterocycles.